The SMILES string of the molecule is Cc1cc(CC(C)c2cccc(C(F)(F)F)n2)ccn1. The first-order valence-corrected chi connectivity index (χ1v) is 6.32. The van der Waals surface area contributed by atoms with Crippen molar-refractivity contribution < 1.29 is 13.2 Å². The normalized spacial score (nSPS) is 13.2. The quantitative estimate of drug-likeness (QED) is 0.844. The summed E-state index contributed by atoms with van der Waals surface area (Å²) in [7, 11) is 0. The number of aromatic nitrogens is 2. The Hall–Kier alpha value is -1.91. The van der Waals surface area contributed by atoms with Crippen molar-refractivity contribution in [3.8, 4) is 0 Å². The van der Waals surface area contributed by atoms with Crippen LogP contribution < -0.4 is 0 Å². The summed E-state index contributed by atoms with van der Waals surface area (Å²) in [5.41, 5.74) is 1.55. The van der Waals surface area contributed by atoms with E-state index in [1.54, 1.807) is 12.3 Å². The van der Waals surface area contributed by atoms with E-state index in [2.05, 4.69) is 9.97 Å². The molecule has 0 aromatic carbocycles. The second-order valence-corrected chi connectivity index (χ2v) is 4.86. The lowest BCUT2D eigenvalue weighted by molar-refractivity contribution is -0.141. The molecule has 2 aromatic heterocycles. The lowest BCUT2D eigenvalue weighted by Gasteiger charge is -2.13. The molecule has 0 spiro atoms. The molecule has 2 heterocycles. The molecule has 0 fully saturated rings. The fourth-order valence-corrected chi connectivity index (χ4v) is 2.07. The van der Waals surface area contributed by atoms with E-state index in [9.17, 15) is 13.2 Å². The van der Waals surface area contributed by atoms with Crippen LogP contribution in [0.3, 0.4) is 0 Å². The van der Waals surface area contributed by atoms with E-state index in [-0.39, 0.29) is 5.92 Å². The molecule has 2 nitrogen and oxygen atoms in total. The van der Waals surface area contributed by atoms with E-state index in [4.69, 9.17) is 0 Å². The molecule has 0 saturated heterocycles. The summed E-state index contributed by atoms with van der Waals surface area (Å²) in [6, 6.07) is 7.83. The van der Waals surface area contributed by atoms with Crippen molar-refractivity contribution in [1.29, 1.82) is 0 Å². The summed E-state index contributed by atoms with van der Waals surface area (Å²) in [4.78, 5) is 7.82. The topological polar surface area (TPSA) is 25.8 Å². The summed E-state index contributed by atoms with van der Waals surface area (Å²) >= 11 is 0. The van der Waals surface area contributed by atoms with E-state index >= 15 is 0 Å². The maximum Gasteiger partial charge on any atom is 0.433 e. The number of nitrogens with zero attached hydrogens (tertiary/aromatic N) is 2. The van der Waals surface area contributed by atoms with Crippen LogP contribution in [0.15, 0.2) is 36.5 Å². The highest BCUT2D eigenvalue weighted by Crippen LogP contribution is 2.29. The molecule has 0 N–H and O–H groups in total. The molecule has 2 rings (SSSR count). The average Bonchev–Trinajstić information content (AvgIpc) is 2.38. The van der Waals surface area contributed by atoms with Gasteiger partial charge in [-0.05, 0) is 43.2 Å². The number of hydrogen-bond acceptors (Lipinski definition) is 2. The van der Waals surface area contributed by atoms with E-state index in [1.165, 1.54) is 6.07 Å². The molecule has 0 aliphatic heterocycles. The van der Waals surface area contributed by atoms with Gasteiger partial charge < -0.3 is 0 Å². The molecule has 0 aliphatic rings. The molecule has 0 aliphatic carbocycles. The Morgan fingerprint density at radius 2 is 1.95 bits per heavy atom. The van der Waals surface area contributed by atoms with Gasteiger partial charge in [0, 0.05) is 23.5 Å². The van der Waals surface area contributed by atoms with Crippen LogP contribution in [0.5, 0.6) is 0 Å². The minimum Gasteiger partial charge on any atom is -0.262 e. The zero-order valence-corrected chi connectivity index (χ0v) is 11.3. The van der Waals surface area contributed by atoms with Gasteiger partial charge in [-0.3, -0.25) is 4.98 Å². The summed E-state index contributed by atoms with van der Waals surface area (Å²) in [6.45, 7) is 3.76. The maximum absolute atomic E-state index is 12.6. The van der Waals surface area contributed by atoms with Crippen LogP contribution in [0.25, 0.3) is 0 Å². The van der Waals surface area contributed by atoms with E-state index in [0.29, 0.717) is 12.1 Å². The molecule has 0 radical (unpaired) electrons. The van der Waals surface area contributed by atoms with Gasteiger partial charge in [0.25, 0.3) is 0 Å². The third kappa shape index (κ3) is 3.56. The second-order valence-electron chi connectivity index (χ2n) is 4.86. The zero-order chi connectivity index (χ0) is 14.8. The van der Waals surface area contributed by atoms with Crippen LogP contribution in [-0.2, 0) is 12.6 Å². The van der Waals surface area contributed by atoms with Gasteiger partial charge in [-0.2, -0.15) is 13.2 Å². The maximum atomic E-state index is 12.6. The molecule has 0 amide bonds. The smallest absolute Gasteiger partial charge is 0.262 e. The fraction of sp³-hybridized carbons (Fsp3) is 0.333. The van der Waals surface area contributed by atoms with Crippen molar-refractivity contribution in [2.45, 2.75) is 32.4 Å². The van der Waals surface area contributed by atoms with Crippen LogP contribution in [-0.4, -0.2) is 9.97 Å². The Bertz CT molecular complexity index is 594. The zero-order valence-electron chi connectivity index (χ0n) is 11.3. The van der Waals surface area contributed by atoms with Gasteiger partial charge in [0.15, 0.2) is 0 Å². The van der Waals surface area contributed by atoms with Crippen LogP contribution >= 0.6 is 0 Å². The Morgan fingerprint density at radius 1 is 1.20 bits per heavy atom. The van der Waals surface area contributed by atoms with Gasteiger partial charge >= 0.3 is 6.18 Å². The summed E-state index contributed by atoms with van der Waals surface area (Å²) < 4.78 is 37.9. The summed E-state index contributed by atoms with van der Waals surface area (Å²) in [5, 5.41) is 0. The van der Waals surface area contributed by atoms with Gasteiger partial charge in [-0.1, -0.05) is 13.0 Å². The molecule has 2 aromatic rings. The Morgan fingerprint density at radius 3 is 2.60 bits per heavy atom. The molecule has 5 heteroatoms. The highest BCUT2D eigenvalue weighted by atomic mass is 19.4. The van der Waals surface area contributed by atoms with Gasteiger partial charge in [0.2, 0.25) is 0 Å². The standard InChI is InChI=1S/C15H15F3N2/c1-10(8-12-6-7-19-11(2)9-12)13-4-3-5-14(20-13)15(16,17)18/h3-7,9-10H,8H2,1-2H3. The average molecular weight is 280 g/mol. The third-order valence-electron chi connectivity index (χ3n) is 3.07. The highest BCUT2D eigenvalue weighted by Gasteiger charge is 2.32. The largest absolute Gasteiger partial charge is 0.433 e. The predicted molar refractivity (Wildman–Crippen MR) is 70.3 cm³/mol. The molecule has 0 bridgehead atoms. The first-order chi connectivity index (χ1) is 9.36. The minimum absolute atomic E-state index is 0.0842. The number of pyridine rings is 2. The predicted octanol–water partition coefficient (Wildman–Crippen LogP) is 4.15. The van der Waals surface area contributed by atoms with Gasteiger partial charge in [0.1, 0.15) is 5.69 Å². The Labute approximate surface area is 115 Å². The van der Waals surface area contributed by atoms with Gasteiger partial charge in [-0.25, -0.2) is 4.98 Å². The highest BCUT2D eigenvalue weighted by molar-refractivity contribution is 5.21. The first kappa shape index (κ1) is 14.5. The number of alkyl halides is 3. The van der Waals surface area contributed by atoms with Crippen LogP contribution in [0.1, 0.15) is 35.5 Å². The number of aryl methyl sites for hydroxylation is 1. The molecule has 106 valence electrons. The van der Waals surface area contributed by atoms with Gasteiger partial charge in [-0.15, -0.1) is 0 Å². The van der Waals surface area contributed by atoms with Crippen molar-refractivity contribution in [3.05, 3.63) is 59.2 Å². The molecular formula is C15H15F3N2. The Kier molecular flexibility index (Phi) is 4.06. The minimum atomic E-state index is -4.40. The lowest BCUT2D eigenvalue weighted by atomic mass is 9.97. The third-order valence-corrected chi connectivity index (χ3v) is 3.07. The van der Waals surface area contributed by atoms with Crippen LogP contribution in [0.4, 0.5) is 13.2 Å². The molecule has 1 atom stereocenters. The van der Waals surface area contributed by atoms with E-state index in [0.717, 1.165) is 17.3 Å². The number of rotatable bonds is 3. The fourth-order valence-electron chi connectivity index (χ4n) is 2.07. The van der Waals surface area contributed by atoms with Crippen molar-refractivity contribution >= 4 is 0 Å². The van der Waals surface area contributed by atoms with Crippen molar-refractivity contribution in [2.24, 2.45) is 0 Å². The molecule has 20 heavy (non-hydrogen) atoms. The molecular weight excluding hydrogens is 265 g/mol. The van der Waals surface area contributed by atoms with E-state index < -0.39 is 11.9 Å². The summed E-state index contributed by atoms with van der Waals surface area (Å²) in [5.74, 6) is -0.0842. The van der Waals surface area contributed by atoms with Crippen LogP contribution in [0.2, 0.25) is 0 Å². The van der Waals surface area contributed by atoms with Crippen molar-refractivity contribution in [1.82, 2.24) is 9.97 Å². The Balaban J connectivity index is 2.19. The summed E-state index contributed by atoms with van der Waals surface area (Å²) in [6.07, 6.45) is -2.06. The van der Waals surface area contributed by atoms with Crippen molar-refractivity contribution in [2.75, 3.05) is 0 Å². The monoisotopic (exact) mass is 280 g/mol. The van der Waals surface area contributed by atoms with E-state index in [1.807, 2.05) is 26.0 Å². The molecule has 0 saturated carbocycles. The van der Waals surface area contributed by atoms with Crippen LogP contribution in [0, 0.1) is 6.92 Å². The van der Waals surface area contributed by atoms with Gasteiger partial charge in [0.05, 0.1) is 0 Å². The second kappa shape index (κ2) is 5.61. The number of halogens is 3. The first-order valence-electron chi connectivity index (χ1n) is 6.32. The van der Waals surface area contributed by atoms with Crippen molar-refractivity contribution in [3.63, 3.8) is 0 Å². The number of hydrogen-bond donors (Lipinski definition) is 0. The lowest BCUT2D eigenvalue weighted by Crippen LogP contribution is -2.11. The molecule has 1 unspecified atom stereocenters.